The van der Waals surface area contributed by atoms with Crippen molar-refractivity contribution in [3.8, 4) is 0 Å². The lowest BCUT2D eigenvalue weighted by atomic mass is 10.00. The summed E-state index contributed by atoms with van der Waals surface area (Å²) in [6.07, 6.45) is 0. The Kier molecular flexibility index (Phi) is 3.56. The highest BCUT2D eigenvalue weighted by atomic mass is 16.1. The molecule has 4 rings (SSSR count). The van der Waals surface area contributed by atoms with Gasteiger partial charge < -0.3 is 10.2 Å². The van der Waals surface area contributed by atoms with E-state index in [0.29, 0.717) is 23.5 Å². The molecule has 3 aromatic rings. The van der Waals surface area contributed by atoms with Crippen LogP contribution in [0.2, 0.25) is 0 Å². The number of aromatic nitrogens is 5. The highest BCUT2D eigenvalue weighted by molar-refractivity contribution is 5.97. The van der Waals surface area contributed by atoms with Crippen molar-refractivity contribution in [3.63, 3.8) is 0 Å². The molecule has 0 spiro atoms. The first kappa shape index (κ1) is 14.6. The van der Waals surface area contributed by atoms with Crippen LogP contribution < -0.4 is 10.2 Å². The summed E-state index contributed by atoms with van der Waals surface area (Å²) in [6.45, 7) is 4.31. The number of aromatic amines is 1. The number of rotatable bonds is 4. The van der Waals surface area contributed by atoms with Gasteiger partial charge in [0.2, 0.25) is 0 Å². The third-order valence-corrected chi connectivity index (χ3v) is 4.19. The number of carbonyl (C=O) groups is 1. The van der Waals surface area contributed by atoms with Crippen LogP contribution in [0.4, 0.5) is 5.82 Å². The van der Waals surface area contributed by atoms with Gasteiger partial charge >= 0.3 is 0 Å². The SMILES string of the molecule is Cc1ccc(N2CC(CNC(=O)c3ccc4n[nH]nc4c3)C2)nn1. The molecule has 3 heterocycles. The molecule has 122 valence electrons. The van der Waals surface area contributed by atoms with Crippen LogP contribution in [0.1, 0.15) is 16.1 Å². The van der Waals surface area contributed by atoms with Crippen molar-refractivity contribution in [3.05, 3.63) is 41.6 Å². The number of hydrogen-bond donors (Lipinski definition) is 2. The first-order valence-corrected chi connectivity index (χ1v) is 7.83. The van der Waals surface area contributed by atoms with Crippen molar-refractivity contribution in [2.45, 2.75) is 6.92 Å². The molecule has 0 unspecified atom stereocenters. The second kappa shape index (κ2) is 5.88. The van der Waals surface area contributed by atoms with Crippen molar-refractivity contribution in [1.82, 2.24) is 30.9 Å². The number of H-pyrrole nitrogens is 1. The molecular weight excluding hydrogens is 306 g/mol. The molecule has 0 radical (unpaired) electrons. The minimum atomic E-state index is -0.0894. The number of anilines is 1. The topological polar surface area (TPSA) is 99.7 Å². The van der Waals surface area contributed by atoms with Gasteiger partial charge in [0.15, 0.2) is 5.82 Å². The fraction of sp³-hybridized carbons (Fsp3) is 0.312. The van der Waals surface area contributed by atoms with Crippen LogP contribution in [0.5, 0.6) is 0 Å². The van der Waals surface area contributed by atoms with E-state index in [0.717, 1.165) is 30.1 Å². The molecule has 2 N–H and O–H groups in total. The number of fused-ring (bicyclic) bond motifs is 1. The average Bonchev–Trinajstić information content (AvgIpc) is 3.02. The van der Waals surface area contributed by atoms with Gasteiger partial charge in [0.25, 0.3) is 5.91 Å². The third kappa shape index (κ3) is 2.78. The minimum absolute atomic E-state index is 0.0894. The van der Waals surface area contributed by atoms with Gasteiger partial charge in [-0.25, -0.2) is 0 Å². The Balaban J connectivity index is 1.30. The van der Waals surface area contributed by atoms with Crippen LogP contribution in [-0.2, 0) is 0 Å². The van der Waals surface area contributed by atoms with Crippen molar-refractivity contribution < 1.29 is 4.79 Å². The number of hydrogen-bond acceptors (Lipinski definition) is 6. The number of benzene rings is 1. The predicted molar refractivity (Wildman–Crippen MR) is 88.7 cm³/mol. The summed E-state index contributed by atoms with van der Waals surface area (Å²) >= 11 is 0. The molecule has 1 fully saturated rings. The average molecular weight is 323 g/mol. The van der Waals surface area contributed by atoms with E-state index < -0.39 is 0 Å². The molecule has 1 saturated heterocycles. The van der Waals surface area contributed by atoms with Gasteiger partial charge in [-0.15, -0.1) is 5.10 Å². The standard InChI is InChI=1S/C16H17N7O/c1-10-2-5-15(21-18-10)23-8-11(9-23)7-17-16(24)12-3-4-13-14(6-12)20-22-19-13/h2-6,11H,7-9H2,1H3,(H,17,24)(H,19,20,22). The number of carbonyl (C=O) groups excluding carboxylic acids is 1. The smallest absolute Gasteiger partial charge is 0.251 e. The van der Waals surface area contributed by atoms with Crippen LogP contribution in [0.15, 0.2) is 30.3 Å². The summed E-state index contributed by atoms with van der Waals surface area (Å²) in [5, 5.41) is 21.7. The Morgan fingerprint density at radius 3 is 2.83 bits per heavy atom. The van der Waals surface area contributed by atoms with Gasteiger partial charge in [-0.3, -0.25) is 4.79 Å². The van der Waals surface area contributed by atoms with Crippen molar-refractivity contribution in [2.24, 2.45) is 5.92 Å². The molecule has 0 bridgehead atoms. The first-order chi connectivity index (χ1) is 11.7. The molecular formula is C16H17N7O. The van der Waals surface area contributed by atoms with Gasteiger partial charge in [-0.05, 0) is 37.3 Å². The van der Waals surface area contributed by atoms with Crippen LogP contribution in [-0.4, -0.2) is 51.1 Å². The number of aryl methyl sites for hydroxylation is 1. The Morgan fingerprint density at radius 1 is 1.21 bits per heavy atom. The van der Waals surface area contributed by atoms with Gasteiger partial charge in [-0.1, -0.05) is 0 Å². The second-order valence-electron chi connectivity index (χ2n) is 6.04. The van der Waals surface area contributed by atoms with E-state index in [2.05, 4.69) is 35.8 Å². The molecule has 24 heavy (non-hydrogen) atoms. The normalized spacial score (nSPS) is 14.6. The summed E-state index contributed by atoms with van der Waals surface area (Å²) < 4.78 is 0. The lowest BCUT2D eigenvalue weighted by Crippen LogP contribution is -2.51. The van der Waals surface area contributed by atoms with E-state index in [1.54, 1.807) is 18.2 Å². The second-order valence-corrected chi connectivity index (χ2v) is 6.04. The van der Waals surface area contributed by atoms with Crippen LogP contribution in [0.3, 0.4) is 0 Å². The van der Waals surface area contributed by atoms with E-state index in [1.807, 2.05) is 19.1 Å². The van der Waals surface area contributed by atoms with Crippen molar-refractivity contribution >= 4 is 22.8 Å². The maximum atomic E-state index is 12.2. The van der Waals surface area contributed by atoms with Crippen LogP contribution in [0.25, 0.3) is 11.0 Å². The Labute approximate surface area is 138 Å². The molecule has 1 amide bonds. The maximum Gasteiger partial charge on any atom is 0.251 e. The summed E-state index contributed by atoms with van der Waals surface area (Å²) in [5.41, 5.74) is 2.94. The molecule has 0 saturated carbocycles. The summed E-state index contributed by atoms with van der Waals surface area (Å²) in [7, 11) is 0. The zero-order valence-electron chi connectivity index (χ0n) is 13.2. The Bertz CT molecular complexity index is 868. The fourth-order valence-corrected chi connectivity index (χ4v) is 2.77. The Morgan fingerprint density at radius 2 is 2.04 bits per heavy atom. The van der Waals surface area contributed by atoms with E-state index in [-0.39, 0.29) is 5.91 Å². The van der Waals surface area contributed by atoms with E-state index >= 15 is 0 Å². The minimum Gasteiger partial charge on any atom is -0.354 e. The van der Waals surface area contributed by atoms with Crippen molar-refractivity contribution in [1.29, 1.82) is 0 Å². The van der Waals surface area contributed by atoms with Crippen molar-refractivity contribution in [2.75, 3.05) is 24.5 Å². The molecule has 0 aliphatic carbocycles. The molecule has 0 atom stereocenters. The first-order valence-electron chi connectivity index (χ1n) is 7.83. The molecule has 1 aliphatic heterocycles. The molecule has 1 aliphatic rings. The van der Waals surface area contributed by atoms with Gasteiger partial charge in [0, 0.05) is 31.1 Å². The highest BCUT2D eigenvalue weighted by Gasteiger charge is 2.28. The third-order valence-electron chi connectivity index (χ3n) is 4.19. The quantitative estimate of drug-likeness (QED) is 0.741. The lowest BCUT2D eigenvalue weighted by molar-refractivity contribution is 0.0944. The summed E-state index contributed by atoms with van der Waals surface area (Å²) in [5.74, 6) is 1.22. The largest absolute Gasteiger partial charge is 0.354 e. The van der Waals surface area contributed by atoms with E-state index in [1.165, 1.54) is 0 Å². The van der Waals surface area contributed by atoms with Gasteiger partial charge in [-0.2, -0.15) is 20.5 Å². The predicted octanol–water partition coefficient (Wildman–Crippen LogP) is 0.923. The van der Waals surface area contributed by atoms with Crippen LogP contribution >= 0.6 is 0 Å². The number of nitrogens with one attached hydrogen (secondary N) is 2. The lowest BCUT2D eigenvalue weighted by Gasteiger charge is -2.39. The maximum absolute atomic E-state index is 12.2. The van der Waals surface area contributed by atoms with Crippen LogP contribution in [0, 0.1) is 12.8 Å². The fourth-order valence-electron chi connectivity index (χ4n) is 2.77. The monoisotopic (exact) mass is 323 g/mol. The Hall–Kier alpha value is -3.03. The molecule has 8 nitrogen and oxygen atoms in total. The zero-order chi connectivity index (χ0) is 16.5. The number of nitrogens with zero attached hydrogens (tertiary/aromatic N) is 5. The van der Waals surface area contributed by atoms with Gasteiger partial charge in [0.1, 0.15) is 11.0 Å². The summed E-state index contributed by atoms with van der Waals surface area (Å²) in [6, 6.07) is 9.22. The number of amides is 1. The zero-order valence-corrected chi connectivity index (χ0v) is 13.2. The molecule has 1 aromatic carbocycles. The summed E-state index contributed by atoms with van der Waals surface area (Å²) in [4.78, 5) is 14.4. The molecule has 8 heteroatoms. The highest BCUT2D eigenvalue weighted by Crippen LogP contribution is 2.21. The van der Waals surface area contributed by atoms with E-state index in [9.17, 15) is 4.79 Å². The van der Waals surface area contributed by atoms with Gasteiger partial charge in [0.05, 0.1) is 5.69 Å². The van der Waals surface area contributed by atoms with E-state index in [4.69, 9.17) is 0 Å². The molecule has 2 aromatic heterocycles.